The van der Waals surface area contributed by atoms with Crippen LogP contribution >= 0.6 is 0 Å². The quantitative estimate of drug-likeness (QED) is 0.899. The second-order valence-corrected chi connectivity index (χ2v) is 4.16. The van der Waals surface area contributed by atoms with Crippen molar-refractivity contribution in [2.75, 3.05) is 6.61 Å². The summed E-state index contributed by atoms with van der Waals surface area (Å²) in [5.74, 6) is 0.748. The minimum absolute atomic E-state index is 0.0647. The molecule has 0 fully saturated rings. The highest BCUT2D eigenvalue weighted by molar-refractivity contribution is 5.63. The molecule has 2 aromatic heterocycles. The second kappa shape index (κ2) is 5.49. The lowest BCUT2D eigenvalue weighted by atomic mass is 10.1. The van der Waals surface area contributed by atoms with E-state index in [4.69, 9.17) is 4.74 Å². The van der Waals surface area contributed by atoms with Crippen LogP contribution < -0.4 is 10.3 Å². The third kappa shape index (κ3) is 2.77. The Morgan fingerprint density at radius 1 is 1.28 bits per heavy atom. The minimum atomic E-state index is -0.0647. The highest BCUT2D eigenvalue weighted by Gasteiger charge is 2.03. The lowest BCUT2D eigenvalue weighted by Crippen LogP contribution is -2.07. The number of aromatic amines is 1. The Kier molecular flexibility index (Phi) is 3.77. The van der Waals surface area contributed by atoms with Crippen LogP contribution in [0.1, 0.15) is 18.9 Å². The predicted octanol–water partition coefficient (Wildman–Crippen LogP) is 2.53. The minimum Gasteiger partial charge on any atom is -0.492 e. The first kappa shape index (κ1) is 12.4. The van der Waals surface area contributed by atoms with Gasteiger partial charge in [-0.15, -0.1) is 0 Å². The predicted molar refractivity (Wildman–Crippen MR) is 70.8 cm³/mol. The summed E-state index contributed by atoms with van der Waals surface area (Å²) in [6.45, 7) is 4.52. The van der Waals surface area contributed by atoms with Crippen LogP contribution in [0.25, 0.3) is 11.1 Å². The van der Waals surface area contributed by atoms with Crippen molar-refractivity contribution in [2.24, 2.45) is 0 Å². The Hall–Kier alpha value is -2.10. The van der Waals surface area contributed by atoms with Crippen molar-refractivity contribution in [3.63, 3.8) is 0 Å². The third-order valence-electron chi connectivity index (χ3n) is 2.61. The van der Waals surface area contributed by atoms with E-state index in [0.29, 0.717) is 12.2 Å². The SMILES string of the molecule is CCCOc1cncc(-c2c[nH]c(=O)c(C)c2)c1. The largest absolute Gasteiger partial charge is 0.492 e. The van der Waals surface area contributed by atoms with Crippen molar-refractivity contribution < 1.29 is 4.74 Å². The van der Waals surface area contributed by atoms with Gasteiger partial charge in [-0.1, -0.05) is 6.92 Å². The van der Waals surface area contributed by atoms with Crippen LogP contribution in [0.3, 0.4) is 0 Å². The van der Waals surface area contributed by atoms with E-state index in [-0.39, 0.29) is 5.56 Å². The van der Waals surface area contributed by atoms with E-state index in [1.54, 1.807) is 25.5 Å². The topological polar surface area (TPSA) is 55.0 Å². The first-order valence-electron chi connectivity index (χ1n) is 5.98. The maximum atomic E-state index is 11.3. The zero-order valence-electron chi connectivity index (χ0n) is 10.6. The van der Waals surface area contributed by atoms with E-state index in [1.165, 1.54) is 0 Å². The lowest BCUT2D eigenvalue weighted by molar-refractivity contribution is 0.316. The number of H-pyrrole nitrogens is 1. The number of rotatable bonds is 4. The number of ether oxygens (including phenoxy) is 1. The van der Waals surface area contributed by atoms with Gasteiger partial charge in [-0.2, -0.15) is 0 Å². The molecule has 0 aromatic carbocycles. The van der Waals surface area contributed by atoms with Crippen LogP contribution in [0.4, 0.5) is 0 Å². The van der Waals surface area contributed by atoms with Crippen LogP contribution in [0.2, 0.25) is 0 Å². The van der Waals surface area contributed by atoms with Crippen LogP contribution in [-0.2, 0) is 0 Å². The van der Waals surface area contributed by atoms with Crippen molar-refractivity contribution >= 4 is 0 Å². The van der Waals surface area contributed by atoms with E-state index in [2.05, 4.69) is 16.9 Å². The molecule has 0 saturated heterocycles. The third-order valence-corrected chi connectivity index (χ3v) is 2.61. The van der Waals surface area contributed by atoms with E-state index in [9.17, 15) is 4.79 Å². The van der Waals surface area contributed by atoms with Gasteiger partial charge < -0.3 is 9.72 Å². The summed E-state index contributed by atoms with van der Waals surface area (Å²) < 4.78 is 5.54. The van der Waals surface area contributed by atoms with Gasteiger partial charge in [-0.05, 0) is 31.0 Å². The molecule has 4 heteroatoms. The summed E-state index contributed by atoms with van der Waals surface area (Å²) in [5, 5.41) is 0. The van der Waals surface area contributed by atoms with Gasteiger partial charge in [-0.3, -0.25) is 9.78 Å². The number of nitrogens with zero attached hydrogens (tertiary/aromatic N) is 1. The summed E-state index contributed by atoms with van der Waals surface area (Å²) in [6.07, 6.45) is 6.10. The molecule has 0 atom stereocenters. The summed E-state index contributed by atoms with van der Waals surface area (Å²) in [7, 11) is 0. The van der Waals surface area contributed by atoms with Crippen LogP contribution in [0, 0.1) is 6.92 Å². The van der Waals surface area contributed by atoms with E-state index >= 15 is 0 Å². The Morgan fingerprint density at radius 2 is 2.11 bits per heavy atom. The molecule has 0 amide bonds. The number of nitrogens with one attached hydrogen (secondary N) is 1. The monoisotopic (exact) mass is 244 g/mol. The first-order chi connectivity index (χ1) is 8.70. The van der Waals surface area contributed by atoms with Gasteiger partial charge in [0.1, 0.15) is 5.75 Å². The molecule has 0 radical (unpaired) electrons. The molecule has 0 bridgehead atoms. The molecule has 18 heavy (non-hydrogen) atoms. The molecular formula is C14H16N2O2. The number of aromatic nitrogens is 2. The first-order valence-corrected chi connectivity index (χ1v) is 5.98. The Labute approximate surface area is 106 Å². The molecule has 0 aliphatic heterocycles. The molecule has 1 N–H and O–H groups in total. The van der Waals surface area contributed by atoms with Gasteiger partial charge in [0, 0.05) is 23.5 Å². The molecular weight excluding hydrogens is 228 g/mol. The number of aryl methyl sites for hydroxylation is 1. The van der Waals surface area contributed by atoms with Crippen LogP contribution in [-0.4, -0.2) is 16.6 Å². The van der Waals surface area contributed by atoms with Crippen LogP contribution in [0.15, 0.2) is 35.5 Å². The molecule has 0 spiro atoms. The molecule has 94 valence electrons. The van der Waals surface area contributed by atoms with Crippen LogP contribution in [0.5, 0.6) is 5.75 Å². The fourth-order valence-electron chi connectivity index (χ4n) is 1.64. The summed E-state index contributed by atoms with van der Waals surface area (Å²) in [5.41, 5.74) is 2.49. The molecule has 2 aromatic rings. The van der Waals surface area contributed by atoms with E-state index in [1.807, 2.05) is 12.1 Å². The van der Waals surface area contributed by atoms with Crippen molar-refractivity contribution in [2.45, 2.75) is 20.3 Å². The van der Waals surface area contributed by atoms with Crippen molar-refractivity contribution in [1.82, 2.24) is 9.97 Å². The van der Waals surface area contributed by atoms with Gasteiger partial charge in [0.2, 0.25) is 0 Å². The number of hydrogen-bond acceptors (Lipinski definition) is 3. The summed E-state index contributed by atoms with van der Waals surface area (Å²) in [6, 6.07) is 3.77. The van der Waals surface area contributed by atoms with Crippen molar-refractivity contribution in [3.05, 3.63) is 46.6 Å². The fourth-order valence-corrected chi connectivity index (χ4v) is 1.64. The number of hydrogen-bond donors (Lipinski definition) is 1. The standard InChI is InChI=1S/C14H16N2O2/c1-3-4-18-13-6-12(7-15-9-13)11-5-10(2)14(17)16-8-11/h5-9H,3-4H2,1-2H3,(H,16,17). The second-order valence-electron chi connectivity index (χ2n) is 4.16. The van der Waals surface area contributed by atoms with E-state index in [0.717, 1.165) is 23.3 Å². The van der Waals surface area contributed by atoms with Gasteiger partial charge >= 0.3 is 0 Å². The molecule has 0 unspecified atom stereocenters. The zero-order valence-corrected chi connectivity index (χ0v) is 10.6. The highest BCUT2D eigenvalue weighted by atomic mass is 16.5. The average molecular weight is 244 g/mol. The highest BCUT2D eigenvalue weighted by Crippen LogP contribution is 2.21. The maximum absolute atomic E-state index is 11.3. The molecule has 0 aliphatic carbocycles. The van der Waals surface area contributed by atoms with E-state index < -0.39 is 0 Å². The average Bonchev–Trinajstić information content (AvgIpc) is 2.40. The van der Waals surface area contributed by atoms with Crippen molar-refractivity contribution in [1.29, 1.82) is 0 Å². The zero-order chi connectivity index (χ0) is 13.0. The molecule has 2 rings (SSSR count). The smallest absolute Gasteiger partial charge is 0.250 e. The van der Waals surface area contributed by atoms with Crippen molar-refractivity contribution in [3.8, 4) is 16.9 Å². The fraction of sp³-hybridized carbons (Fsp3) is 0.286. The molecule has 0 saturated carbocycles. The Balaban J connectivity index is 2.32. The van der Waals surface area contributed by atoms with Gasteiger partial charge in [-0.25, -0.2) is 0 Å². The molecule has 2 heterocycles. The Bertz CT molecular complexity index is 590. The lowest BCUT2D eigenvalue weighted by Gasteiger charge is -2.06. The van der Waals surface area contributed by atoms with Gasteiger partial charge in [0.25, 0.3) is 5.56 Å². The maximum Gasteiger partial charge on any atom is 0.250 e. The normalized spacial score (nSPS) is 10.3. The Morgan fingerprint density at radius 3 is 2.83 bits per heavy atom. The summed E-state index contributed by atoms with van der Waals surface area (Å²) >= 11 is 0. The summed E-state index contributed by atoms with van der Waals surface area (Å²) in [4.78, 5) is 18.2. The molecule has 4 nitrogen and oxygen atoms in total. The van der Waals surface area contributed by atoms with Gasteiger partial charge in [0.15, 0.2) is 0 Å². The van der Waals surface area contributed by atoms with Gasteiger partial charge in [0.05, 0.1) is 12.8 Å². The number of pyridine rings is 2. The molecule has 0 aliphatic rings.